The SMILES string of the molecule is CC1(C)c2ccc(N(c3ccc4c(c3)C(C)(C)c3ccccc3-4)c3ccc4c(c3)C(c3ccccc3)(c3ccccc3)c3ccccc3-4)cc2-c2ccc(-c3nc4ccccc4cc3-c3ccccc3)cc21. The zero-order chi connectivity index (χ0) is 48.3. The van der Waals surface area contributed by atoms with Crippen molar-refractivity contribution in [2.45, 2.75) is 43.9 Å². The number of pyridine rings is 1. The van der Waals surface area contributed by atoms with Crippen LogP contribution >= 0.6 is 0 Å². The quantitative estimate of drug-likeness (QED) is 0.158. The molecule has 0 N–H and O–H groups in total. The van der Waals surface area contributed by atoms with Gasteiger partial charge in [0.05, 0.1) is 16.6 Å². The van der Waals surface area contributed by atoms with Crippen LogP contribution in [0, 0.1) is 0 Å². The molecule has 1 aromatic heterocycles. The average Bonchev–Trinajstić information content (AvgIpc) is 3.95. The Hall–Kier alpha value is -8.59. The van der Waals surface area contributed by atoms with E-state index in [1.165, 1.54) is 77.9 Å². The molecule has 11 aromatic rings. The number of benzene rings is 10. The van der Waals surface area contributed by atoms with E-state index in [0.717, 1.165) is 50.3 Å². The average molecular weight is 921 g/mol. The topological polar surface area (TPSA) is 16.1 Å². The van der Waals surface area contributed by atoms with E-state index in [4.69, 9.17) is 4.98 Å². The molecule has 0 amide bonds. The van der Waals surface area contributed by atoms with Crippen LogP contribution in [0.1, 0.15) is 72.2 Å². The van der Waals surface area contributed by atoms with Gasteiger partial charge >= 0.3 is 0 Å². The van der Waals surface area contributed by atoms with E-state index in [2.05, 4.69) is 275 Å². The Morgan fingerprint density at radius 2 is 0.778 bits per heavy atom. The first-order valence-electron chi connectivity index (χ1n) is 25.4. The first-order chi connectivity index (χ1) is 35.2. The Balaban J connectivity index is 0.973. The van der Waals surface area contributed by atoms with Gasteiger partial charge in [-0.25, -0.2) is 4.98 Å². The van der Waals surface area contributed by atoms with Crippen molar-refractivity contribution in [3.05, 3.63) is 287 Å². The fraction of sp³-hybridized carbons (Fsp3) is 0.100. The number of aromatic nitrogens is 1. The molecule has 342 valence electrons. The third kappa shape index (κ3) is 6.05. The van der Waals surface area contributed by atoms with E-state index in [1.54, 1.807) is 0 Å². The van der Waals surface area contributed by atoms with Crippen molar-refractivity contribution in [3.63, 3.8) is 0 Å². The van der Waals surface area contributed by atoms with Gasteiger partial charge in [0, 0.05) is 44.4 Å². The fourth-order valence-corrected chi connectivity index (χ4v) is 13.1. The number of fused-ring (bicyclic) bond motifs is 10. The molecule has 14 rings (SSSR count). The summed E-state index contributed by atoms with van der Waals surface area (Å²) in [7, 11) is 0. The number of anilines is 3. The molecular weight excluding hydrogens is 869 g/mol. The molecule has 0 unspecified atom stereocenters. The number of hydrogen-bond donors (Lipinski definition) is 0. The number of hydrogen-bond acceptors (Lipinski definition) is 2. The smallest absolute Gasteiger partial charge is 0.0788 e. The van der Waals surface area contributed by atoms with Crippen LogP contribution in [0.5, 0.6) is 0 Å². The fourth-order valence-electron chi connectivity index (χ4n) is 13.1. The van der Waals surface area contributed by atoms with Crippen LogP contribution in [0.2, 0.25) is 0 Å². The molecule has 3 aliphatic carbocycles. The zero-order valence-corrected chi connectivity index (χ0v) is 41.0. The molecule has 72 heavy (non-hydrogen) atoms. The van der Waals surface area contributed by atoms with E-state index < -0.39 is 5.41 Å². The lowest BCUT2D eigenvalue weighted by Crippen LogP contribution is -2.28. The summed E-state index contributed by atoms with van der Waals surface area (Å²) in [5, 5.41) is 1.14. The summed E-state index contributed by atoms with van der Waals surface area (Å²) in [5.41, 5.74) is 26.1. The van der Waals surface area contributed by atoms with E-state index >= 15 is 0 Å². The van der Waals surface area contributed by atoms with Crippen LogP contribution in [0.25, 0.3) is 66.7 Å². The lowest BCUT2D eigenvalue weighted by atomic mass is 9.67. The van der Waals surface area contributed by atoms with Crippen LogP contribution < -0.4 is 4.90 Å². The summed E-state index contributed by atoms with van der Waals surface area (Å²) in [4.78, 5) is 7.90. The Kier molecular flexibility index (Phi) is 9.23. The highest BCUT2D eigenvalue weighted by atomic mass is 15.1. The van der Waals surface area contributed by atoms with Gasteiger partial charge in [0.25, 0.3) is 0 Å². The number of para-hydroxylation sites is 1. The highest BCUT2D eigenvalue weighted by molar-refractivity contribution is 5.95. The normalized spacial score (nSPS) is 14.7. The van der Waals surface area contributed by atoms with Crippen LogP contribution in [0.4, 0.5) is 17.1 Å². The second kappa shape index (κ2) is 15.7. The molecule has 0 saturated carbocycles. The Bertz CT molecular complexity index is 3940. The third-order valence-electron chi connectivity index (χ3n) is 16.5. The minimum atomic E-state index is -0.531. The van der Waals surface area contributed by atoms with Crippen molar-refractivity contribution < 1.29 is 0 Å². The maximum atomic E-state index is 5.38. The molecule has 0 fully saturated rings. The summed E-state index contributed by atoms with van der Waals surface area (Å²) in [6, 6.07) is 90.4. The Labute approximate surface area is 422 Å². The monoisotopic (exact) mass is 920 g/mol. The predicted molar refractivity (Wildman–Crippen MR) is 300 cm³/mol. The van der Waals surface area contributed by atoms with Crippen LogP contribution in [0.15, 0.2) is 243 Å². The van der Waals surface area contributed by atoms with Gasteiger partial charge in [0.2, 0.25) is 0 Å². The minimum Gasteiger partial charge on any atom is -0.310 e. The van der Waals surface area contributed by atoms with Gasteiger partial charge in [-0.3, -0.25) is 0 Å². The molecule has 0 saturated heterocycles. The van der Waals surface area contributed by atoms with Gasteiger partial charge in [-0.2, -0.15) is 0 Å². The maximum Gasteiger partial charge on any atom is 0.0788 e. The highest BCUT2D eigenvalue weighted by Crippen LogP contribution is 2.59. The van der Waals surface area contributed by atoms with Gasteiger partial charge in [0.1, 0.15) is 0 Å². The molecule has 10 aromatic carbocycles. The molecule has 0 radical (unpaired) electrons. The highest BCUT2D eigenvalue weighted by Gasteiger charge is 2.47. The molecule has 3 aliphatic rings. The lowest BCUT2D eigenvalue weighted by Gasteiger charge is -2.35. The predicted octanol–water partition coefficient (Wildman–Crippen LogP) is 18.0. The van der Waals surface area contributed by atoms with Crippen LogP contribution in [-0.4, -0.2) is 4.98 Å². The number of nitrogens with zero attached hydrogens (tertiary/aromatic N) is 2. The summed E-state index contributed by atoms with van der Waals surface area (Å²) >= 11 is 0. The standard InChI is InChI=1S/C70H52N2/c1-68(2)60-29-17-15-27-53(60)55-37-33-51(43-64(55)68)72(52-34-38-56-54-28-16-18-30-62(54)70(65(56)44-52,48-23-10-6-11-24-48)49-25-12-7-13-26-49)50-35-39-61-59(42-50)57-36-32-47(41-63(57)69(61,3)4)67-58(45-20-8-5-9-21-45)40-46-22-14-19-31-66(46)71-67/h5-44H,1-4H3. The van der Waals surface area contributed by atoms with Crippen molar-refractivity contribution in [2.75, 3.05) is 4.90 Å². The lowest BCUT2D eigenvalue weighted by molar-refractivity contribution is 0.660. The van der Waals surface area contributed by atoms with Crippen molar-refractivity contribution in [1.82, 2.24) is 4.98 Å². The van der Waals surface area contributed by atoms with E-state index in [0.29, 0.717) is 0 Å². The van der Waals surface area contributed by atoms with Crippen molar-refractivity contribution in [2.24, 2.45) is 0 Å². The molecule has 0 aliphatic heterocycles. The van der Waals surface area contributed by atoms with Crippen molar-refractivity contribution in [3.8, 4) is 55.8 Å². The van der Waals surface area contributed by atoms with Gasteiger partial charge in [-0.1, -0.05) is 216 Å². The van der Waals surface area contributed by atoms with Gasteiger partial charge < -0.3 is 4.90 Å². The van der Waals surface area contributed by atoms with Crippen molar-refractivity contribution in [1.29, 1.82) is 0 Å². The summed E-state index contributed by atoms with van der Waals surface area (Å²) in [5.74, 6) is 0. The summed E-state index contributed by atoms with van der Waals surface area (Å²) < 4.78 is 0. The minimum absolute atomic E-state index is 0.165. The van der Waals surface area contributed by atoms with E-state index in [9.17, 15) is 0 Å². The third-order valence-corrected chi connectivity index (χ3v) is 16.5. The van der Waals surface area contributed by atoms with Crippen molar-refractivity contribution >= 4 is 28.0 Å². The Morgan fingerprint density at radius 1 is 0.306 bits per heavy atom. The number of rotatable bonds is 7. The van der Waals surface area contributed by atoms with E-state index in [1.807, 2.05) is 0 Å². The zero-order valence-electron chi connectivity index (χ0n) is 41.0. The summed E-state index contributed by atoms with van der Waals surface area (Å²) in [6.07, 6.45) is 0. The molecule has 2 nitrogen and oxygen atoms in total. The largest absolute Gasteiger partial charge is 0.310 e. The first-order valence-corrected chi connectivity index (χ1v) is 25.4. The Morgan fingerprint density at radius 3 is 1.47 bits per heavy atom. The molecule has 0 atom stereocenters. The van der Waals surface area contributed by atoms with Crippen LogP contribution in [-0.2, 0) is 16.2 Å². The van der Waals surface area contributed by atoms with Gasteiger partial charge in [-0.05, 0) is 138 Å². The second-order valence-corrected chi connectivity index (χ2v) is 21.1. The molecular formula is C70H52N2. The summed E-state index contributed by atoms with van der Waals surface area (Å²) in [6.45, 7) is 9.53. The van der Waals surface area contributed by atoms with Gasteiger partial charge in [-0.15, -0.1) is 0 Å². The maximum absolute atomic E-state index is 5.38. The van der Waals surface area contributed by atoms with E-state index in [-0.39, 0.29) is 10.8 Å². The second-order valence-electron chi connectivity index (χ2n) is 21.1. The van der Waals surface area contributed by atoms with Gasteiger partial charge in [0.15, 0.2) is 0 Å². The molecule has 0 spiro atoms. The molecule has 0 bridgehead atoms. The molecule has 2 heteroatoms. The first kappa shape index (κ1) is 42.3. The van der Waals surface area contributed by atoms with Crippen LogP contribution in [0.3, 0.4) is 0 Å². The molecule has 1 heterocycles.